The number of fused-ring (bicyclic) bond motifs is 1. The number of hydrogen-bond donors (Lipinski definition) is 0. The molecule has 0 saturated carbocycles. The second-order valence-electron chi connectivity index (χ2n) is 7.52. The van der Waals surface area contributed by atoms with Gasteiger partial charge < -0.3 is 9.47 Å². The molecule has 4 nitrogen and oxygen atoms in total. The second-order valence-corrected chi connectivity index (χ2v) is 7.96. The van der Waals surface area contributed by atoms with E-state index in [2.05, 4.69) is 0 Å². The third-order valence-corrected chi connectivity index (χ3v) is 5.82. The Labute approximate surface area is 178 Å². The van der Waals surface area contributed by atoms with Crippen LogP contribution in [0.1, 0.15) is 23.7 Å². The Morgan fingerprint density at radius 2 is 1.83 bits per heavy atom. The molecule has 0 spiro atoms. The summed E-state index contributed by atoms with van der Waals surface area (Å²) in [5.41, 5.74) is 3.16. The summed E-state index contributed by atoms with van der Waals surface area (Å²) in [5.74, 6) is 0.504. The maximum absolute atomic E-state index is 14.4. The minimum absolute atomic E-state index is 0.0340. The molecule has 1 aliphatic rings. The van der Waals surface area contributed by atoms with Gasteiger partial charge >= 0.3 is 0 Å². The first-order chi connectivity index (χ1) is 14.6. The molecule has 5 rings (SSSR count). The van der Waals surface area contributed by atoms with Crippen LogP contribution in [0.25, 0.3) is 11.0 Å². The van der Waals surface area contributed by atoms with Crippen LogP contribution < -0.4 is 4.90 Å². The standard InChI is InChI=1S/C24H19ClFN3O/c25-18-7-5-8-19(13-18)28-15-17(12-23(28)30)24-27-21-10-3-4-11-22(21)29(24)14-16-6-1-2-9-20(16)26/h1-11,13,17H,12,14-15H2/t17-/m0/s1. The Balaban J connectivity index is 1.54. The van der Waals surface area contributed by atoms with Gasteiger partial charge in [-0.1, -0.05) is 48.0 Å². The molecule has 0 aliphatic carbocycles. The molecule has 30 heavy (non-hydrogen) atoms. The van der Waals surface area contributed by atoms with Gasteiger partial charge in [0.1, 0.15) is 11.6 Å². The van der Waals surface area contributed by atoms with Crippen molar-refractivity contribution in [3.05, 3.63) is 95.0 Å². The number of hydrogen-bond acceptors (Lipinski definition) is 2. The summed E-state index contributed by atoms with van der Waals surface area (Å²) in [6.45, 7) is 0.879. The number of nitrogens with zero attached hydrogens (tertiary/aromatic N) is 3. The van der Waals surface area contributed by atoms with E-state index in [9.17, 15) is 9.18 Å². The van der Waals surface area contributed by atoms with Crippen molar-refractivity contribution in [2.45, 2.75) is 18.9 Å². The molecular formula is C24H19ClFN3O. The molecule has 3 aromatic carbocycles. The van der Waals surface area contributed by atoms with E-state index < -0.39 is 0 Å². The molecule has 1 amide bonds. The third kappa shape index (κ3) is 3.35. The number of imidazole rings is 1. The molecule has 6 heteroatoms. The molecule has 1 atom stereocenters. The van der Waals surface area contributed by atoms with Gasteiger partial charge in [-0.05, 0) is 36.4 Å². The Kier molecular flexibility index (Phi) is 4.75. The first-order valence-electron chi connectivity index (χ1n) is 9.84. The van der Waals surface area contributed by atoms with Crippen LogP contribution in [0, 0.1) is 5.82 Å². The average molecular weight is 420 g/mol. The van der Waals surface area contributed by atoms with Crippen molar-refractivity contribution >= 4 is 34.2 Å². The first-order valence-corrected chi connectivity index (χ1v) is 10.2. The highest BCUT2D eigenvalue weighted by Crippen LogP contribution is 2.34. The van der Waals surface area contributed by atoms with Crippen LogP contribution >= 0.6 is 11.6 Å². The van der Waals surface area contributed by atoms with Crippen LogP contribution in [-0.4, -0.2) is 22.0 Å². The molecule has 4 aromatic rings. The van der Waals surface area contributed by atoms with Crippen molar-refractivity contribution < 1.29 is 9.18 Å². The van der Waals surface area contributed by atoms with Crippen molar-refractivity contribution in [1.82, 2.24) is 9.55 Å². The Bertz CT molecular complexity index is 1250. The molecule has 1 saturated heterocycles. The quantitative estimate of drug-likeness (QED) is 0.444. The molecule has 1 fully saturated rings. The molecule has 1 aliphatic heterocycles. The van der Waals surface area contributed by atoms with Gasteiger partial charge in [0.2, 0.25) is 5.91 Å². The minimum Gasteiger partial charge on any atom is -0.323 e. The van der Waals surface area contributed by atoms with Crippen molar-refractivity contribution in [3.8, 4) is 0 Å². The number of aromatic nitrogens is 2. The second kappa shape index (κ2) is 7.58. The molecule has 0 bridgehead atoms. The van der Waals surface area contributed by atoms with Crippen LogP contribution in [0.3, 0.4) is 0 Å². The molecule has 2 heterocycles. The maximum Gasteiger partial charge on any atom is 0.227 e. The van der Waals surface area contributed by atoms with E-state index in [1.165, 1.54) is 6.07 Å². The monoisotopic (exact) mass is 419 g/mol. The summed E-state index contributed by atoms with van der Waals surface area (Å²) < 4.78 is 16.4. The molecule has 0 radical (unpaired) electrons. The lowest BCUT2D eigenvalue weighted by atomic mass is 10.1. The van der Waals surface area contributed by atoms with Crippen molar-refractivity contribution in [3.63, 3.8) is 0 Å². The number of carbonyl (C=O) groups excluding carboxylic acids is 1. The van der Waals surface area contributed by atoms with E-state index in [0.29, 0.717) is 30.1 Å². The predicted octanol–water partition coefficient (Wildman–Crippen LogP) is 5.40. The van der Waals surface area contributed by atoms with Crippen LogP contribution in [0.4, 0.5) is 10.1 Å². The van der Waals surface area contributed by atoms with Gasteiger partial charge in [0, 0.05) is 35.2 Å². The number of halogens is 2. The molecule has 0 N–H and O–H groups in total. The summed E-state index contributed by atoms with van der Waals surface area (Å²) in [5, 5.41) is 0.593. The average Bonchev–Trinajstić information content (AvgIpc) is 3.30. The summed E-state index contributed by atoms with van der Waals surface area (Å²) in [6, 6.07) is 21.9. The van der Waals surface area contributed by atoms with E-state index in [1.54, 1.807) is 29.2 Å². The van der Waals surface area contributed by atoms with Gasteiger partial charge in [0.15, 0.2) is 0 Å². The molecule has 150 valence electrons. The molecule has 0 unspecified atom stereocenters. The number of para-hydroxylation sites is 2. The van der Waals surface area contributed by atoms with Crippen LogP contribution in [0.15, 0.2) is 72.8 Å². The summed E-state index contributed by atoms with van der Waals surface area (Å²) in [4.78, 5) is 19.4. The van der Waals surface area contributed by atoms with Crippen molar-refractivity contribution in [2.24, 2.45) is 0 Å². The number of rotatable bonds is 4. The lowest BCUT2D eigenvalue weighted by molar-refractivity contribution is -0.117. The zero-order chi connectivity index (χ0) is 20.7. The van der Waals surface area contributed by atoms with E-state index in [-0.39, 0.29) is 17.6 Å². The highest BCUT2D eigenvalue weighted by molar-refractivity contribution is 6.30. The van der Waals surface area contributed by atoms with Gasteiger partial charge in [0.25, 0.3) is 0 Å². The zero-order valence-corrected chi connectivity index (χ0v) is 16.9. The van der Waals surface area contributed by atoms with E-state index in [1.807, 2.05) is 47.0 Å². The number of benzene rings is 3. The fraction of sp³-hybridized carbons (Fsp3) is 0.167. The number of anilines is 1. The topological polar surface area (TPSA) is 38.1 Å². The summed E-state index contributed by atoms with van der Waals surface area (Å²) in [7, 11) is 0. The van der Waals surface area contributed by atoms with Gasteiger partial charge in [-0.15, -0.1) is 0 Å². The fourth-order valence-electron chi connectivity index (χ4n) is 4.14. The third-order valence-electron chi connectivity index (χ3n) is 5.58. The largest absolute Gasteiger partial charge is 0.323 e. The van der Waals surface area contributed by atoms with Crippen LogP contribution in [0.2, 0.25) is 5.02 Å². The molecule has 1 aromatic heterocycles. The van der Waals surface area contributed by atoms with Crippen molar-refractivity contribution in [1.29, 1.82) is 0 Å². The van der Waals surface area contributed by atoms with E-state index in [0.717, 1.165) is 22.5 Å². The van der Waals surface area contributed by atoms with Crippen LogP contribution in [0.5, 0.6) is 0 Å². The highest BCUT2D eigenvalue weighted by atomic mass is 35.5. The molecular weight excluding hydrogens is 401 g/mol. The lowest BCUT2D eigenvalue weighted by Crippen LogP contribution is -2.24. The van der Waals surface area contributed by atoms with Gasteiger partial charge in [-0.25, -0.2) is 9.37 Å². The number of amides is 1. The summed E-state index contributed by atoms with van der Waals surface area (Å²) in [6.07, 6.45) is 0.354. The lowest BCUT2D eigenvalue weighted by Gasteiger charge is -2.18. The summed E-state index contributed by atoms with van der Waals surface area (Å²) >= 11 is 6.12. The Hall–Kier alpha value is -3.18. The van der Waals surface area contributed by atoms with Gasteiger partial charge in [-0.2, -0.15) is 0 Å². The fourth-order valence-corrected chi connectivity index (χ4v) is 4.33. The normalized spacial score (nSPS) is 16.5. The van der Waals surface area contributed by atoms with Gasteiger partial charge in [0.05, 0.1) is 17.6 Å². The van der Waals surface area contributed by atoms with E-state index >= 15 is 0 Å². The Morgan fingerprint density at radius 3 is 2.67 bits per heavy atom. The maximum atomic E-state index is 14.4. The highest BCUT2D eigenvalue weighted by Gasteiger charge is 2.35. The van der Waals surface area contributed by atoms with Crippen LogP contribution in [-0.2, 0) is 11.3 Å². The smallest absolute Gasteiger partial charge is 0.227 e. The first kappa shape index (κ1) is 18.8. The predicted molar refractivity (Wildman–Crippen MR) is 116 cm³/mol. The SMILES string of the molecule is O=C1C[C@H](c2nc3ccccc3n2Cc2ccccc2F)CN1c1cccc(Cl)c1. The Morgan fingerprint density at radius 1 is 1.03 bits per heavy atom. The van der Waals surface area contributed by atoms with Gasteiger partial charge in [-0.3, -0.25) is 4.79 Å². The minimum atomic E-state index is -0.246. The zero-order valence-electron chi connectivity index (χ0n) is 16.1. The number of carbonyl (C=O) groups is 1. The van der Waals surface area contributed by atoms with E-state index in [4.69, 9.17) is 16.6 Å². The van der Waals surface area contributed by atoms with Crippen molar-refractivity contribution in [2.75, 3.05) is 11.4 Å².